The third kappa shape index (κ3) is 9.70. The largest absolute Gasteiger partial charge is 0.495 e. The molecule has 5 amide bonds. The van der Waals surface area contributed by atoms with Crippen molar-refractivity contribution in [2.24, 2.45) is 11.8 Å². The summed E-state index contributed by atoms with van der Waals surface area (Å²) in [6.45, 7) is 8.51. The van der Waals surface area contributed by atoms with Crippen LogP contribution in [-0.2, 0) is 23.9 Å². The Kier molecular flexibility index (Phi) is 13.2. The second-order valence-corrected chi connectivity index (χ2v) is 11.8. The molecule has 0 bridgehead atoms. The second-order valence-electron chi connectivity index (χ2n) is 11.8. The number of aldehydes is 1. The van der Waals surface area contributed by atoms with Gasteiger partial charge in [-0.1, -0.05) is 46.8 Å². The number of benzene rings is 1. The number of likely N-dealkylation sites (tertiary alicyclic amines) is 1. The normalized spacial score (nSPS) is 17.7. The van der Waals surface area contributed by atoms with E-state index in [9.17, 15) is 28.8 Å². The number of hydrogen-bond donors (Lipinski definition) is 4. The molecule has 15 heteroatoms. The molecule has 1 fully saturated rings. The molecule has 15 nitrogen and oxygen atoms in total. The summed E-state index contributed by atoms with van der Waals surface area (Å²) in [6, 6.07) is 2.72. The predicted molar refractivity (Wildman–Crippen MR) is 170 cm³/mol. The van der Waals surface area contributed by atoms with Crippen LogP contribution in [0.4, 0.5) is 10.5 Å². The topological polar surface area (TPSA) is 198 Å². The number of anilines is 1. The maximum Gasteiger partial charge on any atom is 0.412 e. The average molecular weight is 654 g/mol. The summed E-state index contributed by atoms with van der Waals surface area (Å²) in [6.07, 6.45) is 3.22. The molecule has 1 aliphatic heterocycles. The third-order valence-electron chi connectivity index (χ3n) is 7.66. The minimum Gasteiger partial charge on any atom is -0.495 e. The van der Waals surface area contributed by atoms with Crippen LogP contribution < -0.4 is 26.0 Å². The Balaban J connectivity index is 1.81. The summed E-state index contributed by atoms with van der Waals surface area (Å²) in [5.74, 6) is -2.80. The molecule has 5 atom stereocenters. The molecular formula is C32H43N7O8. The molecule has 0 spiro atoms. The quantitative estimate of drug-likeness (QED) is 0.218. The van der Waals surface area contributed by atoms with Gasteiger partial charge in [0.15, 0.2) is 0 Å². The van der Waals surface area contributed by atoms with Crippen molar-refractivity contribution in [1.82, 2.24) is 30.8 Å². The monoisotopic (exact) mass is 653 g/mol. The molecule has 1 aromatic carbocycles. The molecule has 0 aliphatic carbocycles. The van der Waals surface area contributed by atoms with E-state index in [4.69, 9.17) is 9.47 Å². The maximum absolute atomic E-state index is 14.1. The van der Waals surface area contributed by atoms with Crippen LogP contribution in [-0.4, -0.2) is 94.8 Å². The molecule has 2 heterocycles. The summed E-state index contributed by atoms with van der Waals surface area (Å²) in [4.78, 5) is 87.2. The minimum atomic E-state index is -1.11. The Bertz CT molecular complexity index is 1420. The summed E-state index contributed by atoms with van der Waals surface area (Å²) < 4.78 is 10.9. The van der Waals surface area contributed by atoms with Gasteiger partial charge in [-0.15, -0.1) is 0 Å². The molecule has 0 radical (unpaired) electrons. The Labute approximate surface area is 273 Å². The average Bonchev–Trinajstić information content (AvgIpc) is 3.48. The van der Waals surface area contributed by atoms with E-state index in [1.54, 1.807) is 58.9 Å². The maximum atomic E-state index is 14.1. The lowest BCUT2D eigenvalue weighted by atomic mass is 9.98. The fraction of sp³-hybridized carbons (Fsp3) is 0.500. The van der Waals surface area contributed by atoms with Crippen molar-refractivity contribution in [1.29, 1.82) is 0 Å². The second kappa shape index (κ2) is 17.0. The third-order valence-corrected chi connectivity index (χ3v) is 7.66. The lowest BCUT2D eigenvalue weighted by Crippen LogP contribution is -2.59. The molecule has 0 unspecified atom stereocenters. The van der Waals surface area contributed by atoms with Gasteiger partial charge in [-0.3, -0.25) is 29.5 Å². The predicted octanol–water partition coefficient (Wildman–Crippen LogP) is 1.69. The van der Waals surface area contributed by atoms with E-state index >= 15 is 0 Å². The first kappa shape index (κ1) is 36.4. The van der Waals surface area contributed by atoms with Crippen LogP contribution in [0.15, 0.2) is 42.9 Å². The highest BCUT2D eigenvalue weighted by molar-refractivity contribution is 5.98. The van der Waals surface area contributed by atoms with Crippen LogP contribution in [0.5, 0.6) is 5.75 Å². The molecule has 3 rings (SSSR count). The number of para-hydroxylation sites is 2. The van der Waals surface area contributed by atoms with Gasteiger partial charge in [0.05, 0.1) is 31.6 Å². The summed E-state index contributed by atoms with van der Waals surface area (Å²) in [7, 11) is 1.46. The van der Waals surface area contributed by atoms with Gasteiger partial charge in [0.2, 0.25) is 17.7 Å². The smallest absolute Gasteiger partial charge is 0.412 e. The van der Waals surface area contributed by atoms with Crippen LogP contribution >= 0.6 is 0 Å². The van der Waals surface area contributed by atoms with Crippen molar-refractivity contribution < 1.29 is 38.2 Å². The zero-order valence-corrected chi connectivity index (χ0v) is 27.4. The van der Waals surface area contributed by atoms with Crippen molar-refractivity contribution in [3.8, 4) is 5.75 Å². The van der Waals surface area contributed by atoms with Crippen LogP contribution in [0.1, 0.15) is 57.9 Å². The highest BCUT2D eigenvalue weighted by Gasteiger charge is 2.45. The van der Waals surface area contributed by atoms with Gasteiger partial charge >= 0.3 is 6.09 Å². The van der Waals surface area contributed by atoms with E-state index in [2.05, 4.69) is 31.2 Å². The Morgan fingerprint density at radius 3 is 2.30 bits per heavy atom. The van der Waals surface area contributed by atoms with E-state index in [0.29, 0.717) is 24.1 Å². The number of aromatic nitrogens is 2. The van der Waals surface area contributed by atoms with Gasteiger partial charge in [-0.2, -0.15) is 0 Å². The van der Waals surface area contributed by atoms with Crippen LogP contribution in [0.2, 0.25) is 0 Å². The number of carbonyl (C=O) groups excluding carboxylic acids is 6. The van der Waals surface area contributed by atoms with E-state index in [1.165, 1.54) is 30.6 Å². The number of hydrogen-bond acceptors (Lipinski definition) is 10. The minimum absolute atomic E-state index is 0.0230. The molecule has 1 aliphatic rings. The number of ether oxygens (including phenoxy) is 2. The Morgan fingerprint density at radius 2 is 1.70 bits per heavy atom. The molecule has 2 aromatic rings. The molecule has 4 N–H and O–H groups in total. The summed E-state index contributed by atoms with van der Waals surface area (Å²) >= 11 is 0. The number of carbonyl (C=O) groups is 6. The number of amides is 5. The van der Waals surface area contributed by atoms with Gasteiger partial charge in [0, 0.05) is 18.8 Å². The first-order chi connectivity index (χ1) is 22.4. The first-order valence-corrected chi connectivity index (χ1v) is 15.4. The van der Waals surface area contributed by atoms with E-state index in [-0.39, 0.29) is 24.6 Å². The van der Waals surface area contributed by atoms with Crippen LogP contribution in [0, 0.1) is 11.8 Å². The van der Waals surface area contributed by atoms with Gasteiger partial charge in [0.25, 0.3) is 5.91 Å². The first-order valence-electron chi connectivity index (χ1n) is 15.4. The molecule has 1 saturated heterocycles. The SMILES string of the molecule is CC[C@@H](C=O)NC(=O)[C@@H]1C[C@@H](OC(=O)Nc2ccccc2OC)CN1C(=O)[C@@H](NC(=O)[C@@H](NC(=O)c1cnccn1)C(C)C)C(C)C. The summed E-state index contributed by atoms with van der Waals surface area (Å²) in [5, 5.41) is 10.6. The molecule has 0 saturated carbocycles. The number of nitrogens with zero attached hydrogens (tertiary/aromatic N) is 3. The zero-order chi connectivity index (χ0) is 34.7. The van der Waals surface area contributed by atoms with Crippen molar-refractivity contribution in [3.63, 3.8) is 0 Å². The van der Waals surface area contributed by atoms with E-state index in [0.717, 1.165) is 0 Å². The van der Waals surface area contributed by atoms with E-state index < -0.39 is 65.9 Å². The van der Waals surface area contributed by atoms with Crippen LogP contribution in [0.25, 0.3) is 0 Å². The number of rotatable bonds is 14. The van der Waals surface area contributed by atoms with Crippen molar-refractivity contribution >= 4 is 41.7 Å². The van der Waals surface area contributed by atoms with Gasteiger partial charge in [-0.05, 0) is 30.4 Å². The number of nitrogens with one attached hydrogen (secondary N) is 4. The fourth-order valence-corrected chi connectivity index (χ4v) is 5.03. The Morgan fingerprint density at radius 1 is 1.00 bits per heavy atom. The standard InChI is InChI=1S/C32H43N7O8/c1-7-20(17-40)35-29(42)24-14-21(47-32(45)36-22-10-8-9-11-25(22)46-6)16-39(24)31(44)27(19(4)5)38-30(43)26(18(2)3)37-28(41)23-15-33-12-13-34-23/h8-13,15,17-21,24,26-27H,7,14,16H2,1-6H3,(H,35,42)(H,36,45)(H,37,41)(H,38,43)/t20-,21+,24-,26-,27-/m0/s1. The fourth-order valence-electron chi connectivity index (χ4n) is 5.03. The zero-order valence-electron chi connectivity index (χ0n) is 27.4. The number of methoxy groups -OCH3 is 1. The van der Waals surface area contributed by atoms with Gasteiger partial charge in [-0.25, -0.2) is 9.78 Å². The van der Waals surface area contributed by atoms with Crippen molar-refractivity contribution in [2.45, 2.75) is 77.7 Å². The van der Waals surface area contributed by atoms with Gasteiger partial charge in [0.1, 0.15) is 42.0 Å². The van der Waals surface area contributed by atoms with Crippen LogP contribution in [0.3, 0.4) is 0 Å². The Hall–Kier alpha value is -5.08. The summed E-state index contributed by atoms with van der Waals surface area (Å²) in [5.41, 5.74) is 0.389. The molecule has 1 aromatic heterocycles. The molecule has 47 heavy (non-hydrogen) atoms. The van der Waals surface area contributed by atoms with Crippen molar-refractivity contribution in [2.75, 3.05) is 19.0 Å². The van der Waals surface area contributed by atoms with Gasteiger partial charge < -0.3 is 35.1 Å². The molecular weight excluding hydrogens is 610 g/mol. The molecule has 254 valence electrons. The van der Waals surface area contributed by atoms with Crippen molar-refractivity contribution in [3.05, 3.63) is 48.5 Å². The lowest BCUT2D eigenvalue weighted by molar-refractivity contribution is -0.143. The van der Waals surface area contributed by atoms with E-state index in [1.807, 2.05) is 0 Å². The highest BCUT2D eigenvalue weighted by atomic mass is 16.6. The highest BCUT2D eigenvalue weighted by Crippen LogP contribution is 2.26. The lowest BCUT2D eigenvalue weighted by Gasteiger charge is -2.32.